The second-order valence-electron chi connectivity index (χ2n) is 5.62. The maximum Gasteiger partial charge on any atom is 0.253 e. The van der Waals surface area contributed by atoms with Gasteiger partial charge < -0.3 is 10.6 Å². The second kappa shape index (κ2) is 8.75. The number of anilines is 2. The molecule has 7 nitrogen and oxygen atoms in total. The Morgan fingerprint density at radius 1 is 1.19 bits per heavy atom. The Labute approximate surface area is 165 Å². The van der Waals surface area contributed by atoms with Gasteiger partial charge in [0.25, 0.3) is 5.91 Å². The maximum absolute atomic E-state index is 12.2. The van der Waals surface area contributed by atoms with Crippen molar-refractivity contribution in [2.75, 3.05) is 17.7 Å². The predicted octanol–water partition coefficient (Wildman–Crippen LogP) is 4.19. The zero-order chi connectivity index (χ0) is 19.2. The molecule has 9 heteroatoms. The van der Waals surface area contributed by atoms with Crippen molar-refractivity contribution >= 4 is 51.5 Å². The number of alkyl halides is 1. The Balaban J connectivity index is 1.98. The van der Waals surface area contributed by atoms with Crippen molar-refractivity contribution in [3.8, 4) is 0 Å². The van der Waals surface area contributed by atoms with Gasteiger partial charge in [-0.15, -0.1) is 16.5 Å². The number of carbonyl (C=O) groups excluding carboxylic acids is 1. The van der Waals surface area contributed by atoms with E-state index in [2.05, 4.69) is 25.8 Å². The lowest BCUT2D eigenvalue weighted by molar-refractivity contribution is -0.122. The predicted molar refractivity (Wildman–Crippen MR) is 107 cm³/mol. The van der Waals surface area contributed by atoms with Crippen molar-refractivity contribution in [2.45, 2.75) is 6.04 Å². The van der Waals surface area contributed by atoms with E-state index in [1.54, 1.807) is 30.3 Å². The molecule has 138 valence electrons. The molecule has 0 radical (unpaired) electrons. The fraction of sp³-hybridized carbons (Fsp3) is 0.167. The highest BCUT2D eigenvalue weighted by Crippen LogP contribution is 2.28. The number of hydrogen-bond donors (Lipinski definition) is 2. The molecular formula is C18H15Cl2N5O2. The number of fused-ring (bicyclic) bond motifs is 1. The summed E-state index contributed by atoms with van der Waals surface area (Å²) in [4.78, 5) is 31.9. The van der Waals surface area contributed by atoms with Crippen LogP contribution in [0.2, 0.25) is 5.02 Å². The summed E-state index contributed by atoms with van der Waals surface area (Å²) in [6.45, 7) is 0.255. The molecule has 1 heterocycles. The van der Waals surface area contributed by atoms with Crippen LogP contribution in [-0.4, -0.2) is 28.3 Å². The third kappa shape index (κ3) is 4.50. The van der Waals surface area contributed by atoms with Crippen LogP contribution < -0.4 is 10.6 Å². The first kappa shape index (κ1) is 19.0. The van der Waals surface area contributed by atoms with Crippen LogP contribution in [0.4, 0.5) is 11.5 Å². The second-order valence-corrected chi connectivity index (χ2v) is 6.44. The van der Waals surface area contributed by atoms with E-state index < -0.39 is 11.9 Å². The smallest absolute Gasteiger partial charge is 0.253 e. The zero-order valence-corrected chi connectivity index (χ0v) is 15.5. The van der Waals surface area contributed by atoms with Gasteiger partial charge >= 0.3 is 0 Å². The monoisotopic (exact) mass is 403 g/mol. The standard InChI is InChI=1S/C18H15Cl2N5O2/c19-6-7-21-18(26)16(25-27)11-4-5-15-14(8-11)17(23-10-22-15)24-13-3-1-2-12(20)9-13/h1-5,8-10,16H,6-7H2,(H,21,26)(H,22,23,24). The summed E-state index contributed by atoms with van der Waals surface area (Å²) in [6.07, 6.45) is 1.43. The molecule has 0 spiro atoms. The lowest BCUT2D eigenvalue weighted by atomic mass is 10.0. The van der Waals surface area contributed by atoms with Crippen molar-refractivity contribution in [2.24, 2.45) is 5.18 Å². The molecule has 0 aliphatic heterocycles. The van der Waals surface area contributed by atoms with E-state index in [0.717, 1.165) is 5.69 Å². The molecule has 0 saturated carbocycles. The van der Waals surface area contributed by atoms with Crippen LogP contribution >= 0.6 is 23.2 Å². The molecule has 0 aliphatic rings. The SMILES string of the molecule is O=NC(C(=O)NCCCl)c1ccc2ncnc(Nc3cccc(Cl)c3)c2c1. The molecule has 0 fully saturated rings. The van der Waals surface area contributed by atoms with E-state index in [9.17, 15) is 9.70 Å². The van der Waals surface area contributed by atoms with Gasteiger partial charge in [-0.1, -0.05) is 28.9 Å². The van der Waals surface area contributed by atoms with Gasteiger partial charge in [0.05, 0.1) is 5.52 Å². The quantitative estimate of drug-likeness (QED) is 0.455. The first-order valence-corrected chi connectivity index (χ1v) is 8.97. The van der Waals surface area contributed by atoms with Gasteiger partial charge in [-0.25, -0.2) is 9.97 Å². The van der Waals surface area contributed by atoms with Crippen LogP contribution in [0.3, 0.4) is 0 Å². The van der Waals surface area contributed by atoms with E-state index in [4.69, 9.17) is 23.2 Å². The van der Waals surface area contributed by atoms with Crippen LogP contribution in [-0.2, 0) is 4.79 Å². The van der Waals surface area contributed by atoms with Gasteiger partial charge in [-0.05, 0) is 35.9 Å². The highest BCUT2D eigenvalue weighted by molar-refractivity contribution is 6.30. The molecule has 1 unspecified atom stereocenters. The average Bonchev–Trinajstić information content (AvgIpc) is 2.67. The number of benzene rings is 2. The number of nitrogens with one attached hydrogen (secondary N) is 2. The van der Waals surface area contributed by atoms with E-state index in [0.29, 0.717) is 27.3 Å². The third-order valence-corrected chi connectivity index (χ3v) is 4.23. The first-order valence-electron chi connectivity index (χ1n) is 8.06. The molecule has 1 amide bonds. The molecule has 0 aliphatic carbocycles. The van der Waals surface area contributed by atoms with Crippen molar-refractivity contribution in [3.05, 3.63) is 64.3 Å². The van der Waals surface area contributed by atoms with Gasteiger partial charge in [0.15, 0.2) is 6.04 Å². The molecule has 2 aromatic carbocycles. The minimum absolute atomic E-state index is 0.247. The van der Waals surface area contributed by atoms with E-state index in [1.165, 1.54) is 6.33 Å². The highest BCUT2D eigenvalue weighted by atomic mass is 35.5. The molecule has 27 heavy (non-hydrogen) atoms. The summed E-state index contributed by atoms with van der Waals surface area (Å²) < 4.78 is 0. The summed E-state index contributed by atoms with van der Waals surface area (Å²) in [7, 11) is 0. The summed E-state index contributed by atoms with van der Waals surface area (Å²) in [5, 5.41) is 9.93. The van der Waals surface area contributed by atoms with Gasteiger partial charge in [0.1, 0.15) is 12.1 Å². The Morgan fingerprint density at radius 2 is 2.04 bits per heavy atom. The Morgan fingerprint density at radius 3 is 2.78 bits per heavy atom. The van der Waals surface area contributed by atoms with Crippen molar-refractivity contribution in [1.29, 1.82) is 0 Å². The van der Waals surface area contributed by atoms with Gasteiger partial charge in [0, 0.05) is 28.5 Å². The molecular weight excluding hydrogens is 389 g/mol. The number of rotatable bonds is 7. The van der Waals surface area contributed by atoms with Crippen LogP contribution in [0.15, 0.2) is 54.0 Å². The molecule has 3 rings (SSSR count). The summed E-state index contributed by atoms with van der Waals surface area (Å²) in [5.41, 5.74) is 1.84. The van der Waals surface area contributed by atoms with Crippen LogP contribution in [0.1, 0.15) is 11.6 Å². The van der Waals surface area contributed by atoms with E-state index in [-0.39, 0.29) is 12.4 Å². The molecule has 3 aromatic rings. The van der Waals surface area contributed by atoms with Crippen LogP contribution in [0.25, 0.3) is 10.9 Å². The minimum Gasteiger partial charge on any atom is -0.353 e. The zero-order valence-electron chi connectivity index (χ0n) is 14.0. The Hall–Kier alpha value is -2.77. The van der Waals surface area contributed by atoms with Crippen molar-refractivity contribution in [1.82, 2.24) is 15.3 Å². The summed E-state index contributed by atoms with van der Waals surface area (Å²) in [5.74, 6) is 0.262. The van der Waals surface area contributed by atoms with Crippen LogP contribution in [0, 0.1) is 4.91 Å². The van der Waals surface area contributed by atoms with Gasteiger partial charge in [-0.2, -0.15) is 0 Å². The number of amides is 1. The fourth-order valence-electron chi connectivity index (χ4n) is 2.57. The number of nitroso groups, excluding NO2 is 1. The Kier molecular flexibility index (Phi) is 6.16. The van der Waals surface area contributed by atoms with E-state index in [1.807, 2.05) is 12.1 Å². The molecule has 1 atom stereocenters. The lowest BCUT2D eigenvalue weighted by Crippen LogP contribution is -2.29. The molecule has 1 aromatic heterocycles. The largest absolute Gasteiger partial charge is 0.353 e. The topological polar surface area (TPSA) is 96.3 Å². The van der Waals surface area contributed by atoms with Crippen molar-refractivity contribution < 1.29 is 4.79 Å². The molecule has 2 N–H and O–H groups in total. The normalized spacial score (nSPS) is 11.8. The highest BCUT2D eigenvalue weighted by Gasteiger charge is 2.22. The number of aromatic nitrogens is 2. The van der Waals surface area contributed by atoms with Gasteiger partial charge in [-0.3, -0.25) is 4.79 Å². The number of nitrogens with zero attached hydrogens (tertiary/aromatic N) is 3. The minimum atomic E-state index is -1.18. The number of carbonyl (C=O) groups is 1. The van der Waals surface area contributed by atoms with Crippen molar-refractivity contribution in [3.63, 3.8) is 0 Å². The Bertz CT molecular complexity index is 983. The molecule has 0 saturated heterocycles. The first-order chi connectivity index (χ1) is 13.1. The number of halogens is 2. The fourth-order valence-corrected chi connectivity index (χ4v) is 2.86. The van der Waals surface area contributed by atoms with E-state index >= 15 is 0 Å². The third-order valence-electron chi connectivity index (χ3n) is 3.81. The maximum atomic E-state index is 12.2. The van der Waals surface area contributed by atoms with Gasteiger partial charge in [0.2, 0.25) is 0 Å². The summed E-state index contributed by atoms with van der Waals surface area (Å²) in [6, 6.07) is 11.0. The van der Waals surface area contributed by atoms with Crippen LogP contribution in [0.5, 0.6) is 0 Å². The summed E-state index contributed by atoms with van der Waals surface area (Å²) >= 11 is 11.6. The average molecular weight is 404 g/mol. The molecule has 0 bridgehead atoms. The number of hydrogen-bond acceptors (Lipinski definition) is 6. The lowest BCUT2D eigenvalue weighted by Gasteiger charge is -2.12.